The van der Waals surface area contributed by atoms with Crippen molar-refractivity contribution in [2.45, 2.75) is 6.92 Å². The van der Waals surface area contributed by atoms with Gasteiger partial charge in [0.15, 0.2) is 5.57 Å². The number of ether oxygens (including phenoxy) is 1. The van der Waals surface area contributed by atoms with E-state index in [2.05, 4.69) is 5.32 Å². The summed E-state index contributed by atoms with van der Waals surface area (Å²) >= 11 is 0. The van der Waals surface area contributed by atoms with Crippen LogP contribution in [0.5, 0.6) is 0 Å². The van der Waals surface area contributed by atoms with E-state index in [-0.39, 0.29) is 12.2 Å². The Labute approximate surface area is 98.0 Å². The molecule has 0 bridgehead atoms. The number of furan rings is 1. The second kappa shape index (κ2) is 4.58. The molecule has 0 saturated heterocycles. The van der Waals surface area contributed by atoms with Gasteiger partial charge >= 0.3 is 5.97 Å². The van der Waals surface area contributed by atoms with E-state index in [1.54, 1.807) is 25.3 Å². The number of esters is 1. The SMILES string of the molecule is CCOC(=O)/C(C#N)=C1/NC=Cc2occc21. The third-order valence-corrected chi connectivity index (χ3v) is 2.27. The quantitative estimate of drug-likeness (QED) is 0.475. The zero-order valence-corrected chi connectivity index (χ0v) is 9.19. The van der Waals surface area contributed by atoms with Gasteiger partial charge in [-0.05, 0) is 19.1 Å². The van der Waals surface area contributed by atoms with Gasteiger partial charge in [0.1, 0.15) is 11.8 Å². The van der Waals surface area contributed by atoms with E-state index in [1.807, 2.05) is 6.07 Å². The van der Waals surface area contributed by atoms with Crippen LogP contribution in [0.1, 0.15) is 18.2 Å². The van der Waals surface area contributed by atoms with Gasteiger partial charge in [-0.3, -0.25) is 0 Å². The molecule has 2 heterocycles. The van der Waals surface area contributed by atoms with Gasteiger partial charge < -0.3 is 14.5 Å². The number of carbonyl (C=O) groups is 1. The molecule has 17 heavy (non-hydrogen) atoms. The van der Waals surface area contributed by atoms with E-state index in [1.165, 1.54) is 6.26 Å². The summed E-state index contributed by atoms with van der Waals surface area (Å²) in [5, 5.41) is 11.9. The molecule has 5 heteroatoms. The normalized spacial score (nSPS) is 15.5. The van der Waals surface area contributed by atoms with Crippen LogP contribution in [0, 0.1) is 11.3 Å². The van der Waals surface area contributed by atoms with Gasteiger partial charge in [-0.25, -0.2) is 4.79 Å². The summed E-state index contributed by atoms with van der Waals surface area (Å²) in [6, 6.07) is 3.55. The first-order valence-electron chi connectivity index (χ1n) is 5.10. The number of carbonyl (C=O) groups excluding carboxylic acids is 1. The van der Waals surface area contributed by atoms with Crippen LogP contribution in [-0.4, -0.2) is 12.6 Å². The predicted octanol–water partition coefficient (Wildman–Crippen LogP) is 1.65. The third-order valence-electron chi connectivity index (χ3n) is 2.27. The Morgan fingerprint density at radius 3 is 3.18 bits per heavy atom. The van der Waals surface area contributed by atoms with E-state index in [4.69, 9.17) is 14.4 Å². The standard InChI is InChI=1S/C12H10N2O3/c1-2-16-12(15)9(7-13)11-8-4-6-17-10(8)3-5-14-11/h3-6,14H,2H2,1H3/b11-9+. The lowest BCUT2D eigenvalue weighted by molar-refractivity contribution is -0.137. The van der Waals surface area contributed by atoms with Crippen molar-refractivity contribution < 1.29 is 13.9 Å². The highest BCUT2D eigenvalue weighted by atomic mass is 16.5. The summed E-state index contributed by atoms with van der Waals surface area (Å²) in [5.41, 5.74) is 1.04. The van der Waals surface area contributed by atoms with Gasteiger partial charge in [0.25, 0.3) is 0 Å². The lowest BCUT2D eigenvalue weighted by Crippen LogP contribution is -2.16. The second-order valence-corrected chi connectivity index (χ2v) is 3.26. The highest BCUT2D eigenvalue weighted by molar-refractivity contribution is 6.02. The highest BCUT2D eigenvalue weighted by Gasteiger charge is 2.22. The fraction of sp³-hybridized carbons (Fsp3) is 0.167. The molecule has 86 valence electrons. The third kappa shape index (κ3) is 1.93. The maximum Gasteiger partial charge on any atom is 0.351 e. The van der Waals surface area contributed by atoms with Gasteiger partial charge in [-0.15, -0.1) is 0 Å². The van der Waals surface area contributed by atoms with Crippen molar-refractivity contribution in [2.75, 3.05) is 6.61 Å². The summed E-state index contributed by atoms with van der Waals surface area (Å²) < 4.78 is 10.0. The Morgan fingerprint density at radius 1 is 1.65 bits per heavy atom. The molecule has 0 amide bonds. The Kier molecular flexibility index (Phi) is 2.97. The van der Waals surface area contributed by atoms with Crippen LogP contribution in [-0.2, 0) is 9.53 Å². The van der Waals surface area contributed by atoms with Crippen LogP contribution < -0.4 is 5.32 Å². The number of nitrogens with one attached hydrogen (secondary N) is 1. The Morgan fingerprint density at radius 2 is 2.47 bits per heavy atom. The minimum Gasteiger partial charge on any atom is -0.464 e. The van der Waals surface area contributed by atoms with E-state index < -0.39 is 5.97 Å². The number of rotatable bonds is 2. The Balaban J connectivity index is 2.48. The topological polar surface area (TPSA) is 75.3 Å². The van der Waals surface area contributed by atoms with Crippen LogP contribution in [0.3, 0.4) is 0 Å². The molecule has 0 atom stereocenters. The molecule has 5 nitrogen and oxygen atoms in total. The predicted molar refractivity (Wildman–Crippen MR) is 60.0 cm³/mol. The smallest absolute Gasteiger partial charge is 0.351 e. The van der Waals surface area contributed by atoms with Crippen molar-refractivity contribution in [1.82, 2.24) is 5.32 Å². The molecule has 0 spiro atoms. The molecule has 0 fully saturated rings. The van der Waals surface area contributed by atoms with Crippen LogP contribution in [0.25, 0.3) is 11.8 Å². The second-order valence-electron chi connectivity index (χ2n) is 3.26. The Bertz CT molecular complexity index is 546. The molecule has 1 N–H and O–H groups in total. The zero-order chi connectivity index (χ0) is 12.3. The number of nitrogens with zero attached hydrogens (tertiary/aromatic N) is 1. The van der Waals surface area contributed by atoms with Crippen LogP contribution in [0.2, 0.25) is 0 Å². The minimum absolute atomic E-state index is 0.0566. The molecule has 1 aliphatic rings. The largest absolute Gasteiger partial charge is 0.464 e. The maximum absolute atomic E-state index is 11.6. The lowest BCUT2D eigenvalue weighted by atomic mass is 10.1. The van der Waals surface area contributed by atoms with Crippen LogP contribution >= 0.6 is 0 Å². The molecule has 0 aromatic carbocycles. The minimum atomic E-state index is -0.639. The maximum atomic E-state index is 11.6. The number of hydrogen-bond acceptors (Lipinski definition) is 5. The van der Waals surface area contributed by atoms with Crippen LogP contribution in [0.4, 0.5) is 0 Å². The fourth-order valence-corrected chi connectivity index (χ4v) is 1.55. The van der Waals surface area contributed by atoms with Gasteiger partial charge in [0, 0.05) is 11.8 Å². The average Bonchev–Trinajstić information content (AvgIpc) is 2.79. The molecular formula is C12H10N2O3. The van der Waals surface area contributed by atoms with E-state index in [0.717, 1.165) is 0 Å². The van der Waals surface area contributed by atoms with Gasteiger partial charge in [0.05, 0.1) is 18.6 Å². The first-order chi connectivity index (χ1) is 8.27. The molecule has 0 radical (unpaired) electrons. The van der Waals surface area contributed by atoms with E-state index in [9.17, 15) is 4.79 Å². The summed E-state index contributed by atoms with van der Waals surface area (Å²) in [6.07, 6.45) is 4.83. The summed E-state index contributed by atoms with van der Waals surface area (Å²) in [7, 11) is 0. The van der Waals surface area contributed by atoms with E-state index in [0.29, 0.717) is 17.0 Å². The van der Waals surface area contributed by atoms with Crippen molar-refractivity contribution in [3.8, 4) is 6.07 Å². The first-order valence-corrected chi connectivity index (χ1v) is 5.10. The van der Waals surface area contributed by atoms with Gasteiger partial charge in [-0.1, -0.05) is 0 Å². The van der Waals surface area contributed by atoms with Crippen molar-refractivity contribution in [1.29, 1.82) is 5.26 Å². The van der Waals surface area contributed by atoms with Gasteiger partial charge in [0.2, 0.25) is 0 Å². The summed E-state index contributed by atoms with van der Waals surface area (Å²) in [6.45, 7) is 1.92. The summed E-state index contributed by atoms with van der Waals surface area (Å²) in [5.74, 6) is -0.0317. The van der Waals surface area contributed by atoms with Crippen molar-refractivity contribution in [3.05, 3.63) is 35.4 Å². The molecule has 0 aliphatic carbocycles. The van der Waals surface area contributed by atoms with E-state index >= 15 is 0 Å². The number of hydrogen-bond donors (Lipinski definition) is 1. The first kappa shape index (κ1) is 11.0. The number of fused-ring (bicyclic) bond motifs is 1. The Hall–Kier alpha value is -2.48. The molecular weight excluding hydrogens is 220 g/mol. The van der Waals surface area contributed by atoms with Crippen LogP contribution in [0.15, 0.2) is 28.5 Å². The van der Waals surface area contributed by atoms with Crippen molar-refractivity contribution in [2.24, 2.45) is 0 Å². The van der Waals surface area contributed by atoms with Gasteiger partial charge in [-0.2, -0.15) is 5.26 Å². The van der Waals surface area contributed by atoms with Crippen molar-refractivity contribution in [3.63, 3.8) is 0 Å². The number of nitriles is 1. The molecule has 1 aliphatic heterocycles. The molecule has 1 aromatic rings. The summed E-state index contributed by atoms with van der Waals surface area (Å²) in [4.78, 5) is 11.6. The monoisotopic (exact) mass is 230 g/mol. The molecule has 2 rings (SSSR count). The zero-order valence-electron chi connectivity index (χ0n) is 9.19. The highest BCUT2D eigenvalue weighted by Crippen LogP contribution is 2.26. The molecule has 1 aromatic heterocycles. The molecule has 0 unspecified atom stereocenters. The lowest BCUT2D eigenvalue weighted by Gasteiger charge is -2.12. The fourth-order valence-electron chi connectivity index (χ4n) is 1.55. The average molecular weight is 230 g/mol. The van der Waals surface area contributed by atoms with Crippen molar-refractivity contribution >= 4 is 17.7 Å². The molecule has 0 saturated carbocycles.